The van der Waals surface area contributed by atoms with Crippen molar-refractivity contribution in [3.8, 4) is 0 Å². The molecule has 1 aliphatic heterocycles. The predicted molar refractivity (Wildman–Crippen MR) is 77.3 cm³/mol. The highest BCUT2D eigenvalue weighted by Gasteiger charge is 2.30. The highest BCUT2D eigenvalue weighted by Crippen LogP contribution is 2.27. The van der Waals surface area contributed by atoms with Crippen LogP contribution in [0, 0.1) is 5.82 Å². The Morgan fingerprint density at radius 1 is 1.40 bits per heavy atom. The molecule has 0 amide bonds. The topological polar surface area (TPSA) is 50.4 Å². The Bertz CT molecular complexity index is 569. The minimum absolute atomic E-state index is 0.288. The normalized spacial score (nSPS) is 18.4. The van der Waals surface area contributed by atoms with Gasteiger partial charge in [-0.1, -0.05) is 12.1 Å². The van der Waals surface area contributed by atoms with Crippen LogP contribution in [0.3, 0.4) is 0 Å². The number of carbonyl (C=O) groups is 1. The maximum atomic E-state index is 13.0. The van der Waals surface area contributed by atoms with Crippen molar-refractivity contribution < 1.29 is 13.9 Å². The Balaban J connectivity index is 2.41. The van der Waals surface area contributed by atoms with Crippen LogP contribution in [0.2, 0.25) is 0 Å². The Morgan fingerprint density at radius 2 is 2.05 bits per heavy atom. The molecular weight excluding hydrogens is 279 g/mol. The lowest BCUT2D eigenvalue weighted by Crippen LogP contribution is -2.45. The van der Waals surface area contributed by atoms with Gasteiger partial charge in [0.05, 0.1) is 18.2 Å². The largest absolute Gasteiger partial charge is 0.463 e. The first-order valence-electron chi connectivity index (χ1n) is 6.23. The molecule has 0 unspecified atom stereocenters. The van der Waals surface area contributed by atoms with Crippen molar-refractivity contribution >= 4 is 23.3 Å². The molecule has 0 spiro atoms. The highest BCUT2D eigenvalue weighted by atomic mass is 32.1. The number of hydrogen-bond donors (Lipinski definition) is 2. The number of thiocarbonyl (C=S) groups is 1. The third kappa shape index (κ3) is 2.96. The number of allylic oxidation sites excluding steroid dienone is 1. The number of ether oxygens (including phenoxy) is 1. The summed E-state index contributed by atoms with van der Waals surface area (Å²) in [7, 11) is 0. The SMILES string of the molecule is CCOC(=O)C1=C(C)NC(=S)N[C@H]1c1ccc(F)cc1. The number of esters is 1. The van der Waals surface area contributed by atoms with Crippen molar-refractivity contribution in [2.75, 3.05) is 6.61 Å². The summed E-state index contributed by atoms with van der Waals surface area (Å²) in [5.41, 5.74) is 1.84. The zero-order valence-electron chi connectivity index (χ0n) is 11.2. The number of carbonyl (C=O) groups excluding carboxylic acids is 1. The van der Waals surface area contributed by atoms with E-state index in [1.54, 1.807) is 26.0 Å². The van der Waals surface area contributed by atoms with Crippen molar-refractivity contribution in [2.45, 2.75) is 19.9 Å². The van der Waals surface area contributed by atoms with Crippen LogP contribution in [0.5, 0.6) is 0 Å². The van der Waals surface area contributed by atoms with Gasteiger partial charge in [0, 0.05) is 5.70 Å². The van der Waals surface area contributed by atoms with Crippen molar-refractivity contribution in [1.82, 2.24) is 10.6 Å². The fourth-order valence-electron chi connectivity index (χ4n) is 2.08. The number of halogens is 1. The second-order valence-corrected chi connectivity index (χ2v) is 4.75. The second kappa shape index (κ2) is 6.00. The van der Waals surface area contributed by atoms with Crippen molar-refractivity contribution in [3.05, 3.63) is 46.9 Å². The van der Waals surface area contributed by atoms with Gasteiger partial charge in [0.2, 0.25) is 0 Å². The van der Waals surface area contributed by atoms with Gasteiger partial charge in [-0.3, -0.25) is 0 Å². The molecule has 1 aromatic rings. The van der Waals surface area contributed by atoms with Gasteiger partial charge in [-0.15, -0.1) is 0 Å². The summed E-state index contributed by atoms with van der Waals surface area (Å²) in [6.07, 6.45) is 0. The maximum absolute atomic E-state index is 13.0. The van der Waals surface area contributed by atoms with Gasteiger partial charge in [0.15, 0.2) is 5.11 Å². The summed E-state index contributed by atoms with van der Waals surface area (Å²) in [4.78, 5) is 12.1. The first-order chi connectivity index (χ1) is 9.52. The van der Waals surface area contributed by atoms with Crippen LogP contribution in [0.15, 0.2) is 35.5 Å². The first-order valence-corrected chi connectivity index (χ1v) is 6.64. The quantitative estimate of drug-likeness (QED) is 0.661. The van der Waals surface area contributed by atoms with Gasteiger partial charge in [-0.2, -0.15) is 0 Å². The summed E-state index contributed by atoms with van der Waals surface area (Å²) in [6, 6.07) is 5.49. The highest BCUT2D eigenvalue weighted by molar-refractivity contribution is 7.80. The van der Waals surface area contributed by atoms with Crippen LogP contribution in [-0.2, 0) is 9.53 Å². The molecule has 1 aliphatic rings. The van der Waals surface area contributed by atoms with E-state index >= 15 is 0 Å². The molecule has 0 saturated carbocycles. The minimum Gasteiger partial charge on any atom is -0.463 e. The molecule has 0 fully saturated rings. The third-order valence-electron chi connectivity index (χ3n) is 2.97. The van der Waals surface area contributed by atoms with Crippen LogP contribution >= 0.6 is 12.2 Å². The Kier molecular flexibility index (Phi) is 4.34. The van der Waals surface area contributed by atoms with Crippen LogP contribution in [-0.4, -0.2) is 17.7 Å². The van der Waals surface area contributed by atoms with Crippen molar-refractivity contribution in [1.29, 1.82) is 0 Å². The predicted octanol–water partition coefficient (Wildman–Crippen LogP) is 2.18. The fourth-order valence-corrected chi connectivity index (χ4v) is 2.35. The zero-order chi connectivity index (χ0) is 14.7. The average molecular weight is 294 g/mol. The molecule has 4 nitrogen and oxygen atoms in total. The van der Waals surface area contributed by atoms with Crippen molar-refractivity contribution in [3.63, 3.8) is 0 Å². The van der Waals surface area contributed by atoms with Gasteiger partial charge in [0.1, 0.15) is 5.82 Å². The monoisotopic (exact) mass is 294 g/mol. The van der Waals surface area contributed by atoms with E-state index in [-0.39, 0.29) is 12.4 Å². The Hall–Kier alpha value is -1.95. The first kappa shape index (κ1) is 14.5. The molecule has 2 N–H and O–H groups in total. The minimum atomic E-state index is -0.441. The van der Waals surface area contributed by atoms with Crippen LogP contribution < -0.4 is 10.6 Å². The molecule has 0 aromatic heterocycles. The number of rotatable bonds is 3. The molecule has 1 heterocycles. The smallest absolute Gasteiger partial charge is 0.338 e. The summed E-state index contributed by atoms with van der Waals surface area (Å²) >= 11 is 5.11. The van der Waals surface area contributed by atoms with Gasteiger partial charge in [0.25, 0.3) is 0 Å². The number of nitrogens with one attached hydrogen (secondary N) is 2. The van der Waals surface area contributed by atoms with Gasteiger partial charge >= 0.3 is 5.97 Å². The van der Waals surface area contributed by atoms with Crippen LogP contribution in [0.1, 0.15) is 25.5 Å². The van der Waals surface area contributed by atoms with Crippen molar-refractivity contribution in [2.24, 2.45) is 0 Å². The van der Waals surface area contributed by atoms with E-state index in [2.05, 4.69) is 10.6 Å². The molecule has 20 heavy (non-hydrogen) atoms. The lowest BCUT2D eigenvalue weighted by molar-refractivity contribution is -0.139. The van der Waals surface area contributed by atoms with Gasteiger partial charge in [-0.25, -0.2) is 9.18 Å². The van der Waals surface area contributed by atoms with Crippen LogP contribution in [0.25, 0.3) is 0 Å². The van der Waals surface area contributed by atoms with E-state index in [4.69, 9.17) is 17.0 Å². The van der Waals surface area contributed by atoms with E-state index < -0.39 is 12.0 Å². The molecule has 1 atom stereocenters. The van der Waals surface area contributed by atoms with E-state index in [0.29, 0.717) is 16.4 Å². The summed E-state index contributed by atoms with van der Waals surface area (Å²) in [5.74, 6) is -0.745. The van der Waals surface area contributed by atoms with E-state index in [1.807, 2.05) is 0 Å². The third-order valence-corrected chi connectivity index (χ3v) is 3.19. The summed E-state index contributed by atoms with van der Waals surface area (Å²) < 4.78 is 18.1. The standard InChI is InChI=1S/C14H15FN2O2S/c1-3-19-13(18)11-8(2)16-14(20)17-12(11)9-4-6-10(15)7-5-9/h4-7,12H,3H2,1-2H3,(H2,16,17,20)/t12-/m0/s1. The molecule has 0 saturated heterocycles. The van der Waals surface area contributed by atoms with E-state index in [9.17, 15) is 9.18 Å². The molecule has 1 aromatic carbocycles. The van der Waals surface area contributed by atoms with Crippen LogP contribution in [0.4, 0.5) is 4.39 Å². The lowest BCUT2D eigenvalue weighted by atomic mass is 9.96. The average Bonchev–Trinajstić information content (AvgIpc) is 2.38. The van der Waals surface area contributed by atoms with E-state index in [0.717, 1.165) is 5.56 Å². The van der Waals surface area contributed by atoms with Gasteiger partial charge in [-0.05, 0) is 43.8 Å². The van der Waals surface area contributed by atoms with E-state index in [1.165, 1.54) is 12.1 Å². The lowest BCUT2D eigenvalue weighted by Gasteiger charge is -2.29. The maximum Gasteiger partial charge on any atom is 0.338 e. The zero-order valence-corrected chi connectivity index (χ0v) is 12.0. The molecule has 106 valence electrons. The number of benzene rings is 1. The summed E-state index contributed by atoms with van der Waals surface area (Å²) in [5, 5.41) is 6.34. The molecule has 0 radical (unpaired) electrons. The van der Waals surface area contributed by atoms with Gasteiger partial charge < -0.3 is 15.4 Å². The fraction of sp³-hybridized carbons (Fsp3) is 0.286. The molecule has 0 bridgehead atoms. The summed E-state index contributed by atoms with van der Waals surface area (Å²) in [6.45, 7) is 3.79. The molecular formula is C14H15FN2O2S. The second-order valence-electron chi connectivity index (χ2n) is 4.34. The molecule has 6 heteroatoms. The number of hydrogen-bond acceptors (Lipinski definition) is 3. The molecule has 0 aliphatic carbocycles. The molecule has 2 rings (SSSR count). The Labute approximate surface area is 122 Å². The Morgan fingerprint density at radius 3 is 2.65 bits per heavy atom.